The molecule has 0 amide bonds. The lowest BCUT2D eigenvalue weighted by molar-refractivity contribution is -0.137. The third kappa shape index (κ3) is 2.29. The predicted molar refractivity (Wildman–Crippen MR) is 60.8 cm³/mol. The quantitative estimate of drug-likeness (QED) is 0.830. The SMILES string of the molecule is CCC1(N)CN(c2ccc(C(F)(F)F)cc2F)C1. The summed E-state index contributed by atoms with van der Waals surface area (Å²) in [7, 11) is 0. The number of halogens is 4. The summed E-state index contributed by atoms with van der Waals surface area (Å²) in [6.07, 6.45) is -3.76. The Morgan fingerprint density at radius 2 is 1.94 bits per heavy atom. The fourth-order valence-electron chi connectivity index (χ4n) is 2.05. The van der Waals surface area contributed by atoms with Crippen molar-refractivity contribution in [3.05, 3.63) is 29.6 Å². The lowest BCUT2D eigenvalue weighted by Crippen LogP contribution is -2.67. The van der Waals surface area contributed by atoms with Crippen LogP contribution in [-0.2, 0) is 6.18 Å². The molecule has 1 heterocycles. The summed E-state index contributed by atoms with van der Waals surface area (Å²) in [4.78, 5) is 1.65. The maximum atomic E-state index is 13.6. The first-order valence-electron chi connectivity index (χ1n) is 5.66. The Morgan fingerprint density at radius 1 is 1.33 bits per heavy atom. The van der Waals surface area contributed by atoms with Gasteiger partial charge in [0.2, 0.25) is 0 Å². The number of nitrogens with two attached hydrogens (primary N) is 1. The van der Waals surface area contributed by atoms with E-state index < -0.39 is 17.6 Å². The van der Waals surface area contributed by atoms with Crippen LogP contribution in [0.5, 0.6) is 0 Å². The van der Waals surface area contributed by atoms with Crippen molar-refractivity contribution in [3.8, 4) is 0 Å². The average Bonchev–Trinajstić information content (AvgIpc) is 2.24. The van der Waals surface area contributed by atoms with Crippen molar-refractivity contribution in [3.63, 3.8) is 0 Å². The minimum absolute atomic E-state index is 0.178. The number of rotatable bonds is 2. The predicted octanol–water partition coefficient (Wildman–Crippen LogP) is 2.77. The number of nitrogens with zero attached hydrogens (tertiary/aromatic N) is 1. The molecule has 1 fully saturated rings. The van der Waals surface area contributed by atoms with Crippen LogP contribution in [0.15, 0.2) is 18.2 Å². The first kappa shape index (κ1) is 13.1. The van der Waals surface area contributed by atoms with Crippen molar-refractivity contribution < 1.29 is 17.6 Å². The van der Waals surface area contributed by atoms with Gasteiger partial charge < -0.3 is 10.6 Å². The molecule has 0 saturated carbocycles. The number of alkyl halides is 3. The van der Waals surface area contributed by atoms with Crippen LogP contribution in [0.3, 0.4) is 0 Å². The van der Waals surface area contributed by atoms with Gasteiger partial charge in [0.15, 0.2) is 0 Å². The molecule has 1 aromatic rings. The first-order valence-corrected chi connectivity index (χ1v) is 5.66. The highest BCUT2D eigenvalue weighted by atomic mass is 19.4. The van der Waals surface area contributed by atoms with Crippen LogP contribution in [0.4, 0.5) is 23.2 Å². The van der Waals surface area contributed by atoms with E-state index in [-0.39, 0.29) is 11.2 Å². The molecule has 1 aliphatic heterocycles. The number of hydrogen-bond acceptors (Lipinski definition) is 2. The Hall–Kier alpha value is -1.30. The summed E-state index contributed by atoms with van der Waals surface area (Å²) in [6, 6.07) is 2.58. The van der Waals surface area contributed by atoms with Crippen LogP contribution in [-0.4, -0.2) is 18.6 Å². The molecule has 0 spiro atoms. The minimum atomic E-state index is -4.52. The fraction of sp³-hybridized carbons (Fsp3) is 0.500. The third-order valence-electron chi connectivity index (χ3n) is 3.33. The van der Waals surface area contributed by atoms with E-state index in [1.165, 1.54) is 0 Å². The van der Waals surface area contributed by atoms with E-state index in [9.17, 15) is 17.6 Å². The van der Waals surface area contributed by atoms with E-state index in [1.54, 1.807) is 4.90 Å². The van der Waals surface area contributed by atoms with E-state index in [1.807, 2.05) is 6.92 Å². The number of hydrogen-bond donors (Lipinski definition) is 1. The Bertz CT molecular complexity index is 450. The molecule has 100 valence electrons. The zero-order valence-electron chi connectivity index (χ0n) is 9.89. The standard InChI is InChI=1S/C12H14F4N2/c1-2-11(17)6-18(7-11)10-4-3-8(5-9(10)13)12(14,15)16/h3-5H,2,6-7,17H2,1H3. The van der Waals surface area contributed by atoms with Crippen molar-refractivity contribution in [2.24, 2.45) is 5.73 Å². The smallest absolute Gasteiger partial charge is 0.365 e. The Labute approximate surface area is 102 Å². The molecule has 6 heteroatoms. The lowest BCUT2D eigenvalue weighted by Gasteiger charge is -2.48. The average molecular weight is 262 g/mol. The number of benzene rings is 1. The highest BCUT2D eigenvalue weighted by Gasteiger charge is 2.39. The van der Waals surface area contributed by atoms with Gasteiger partial charge >= 0.3 is 6.18 Å². The minimum Gasteiger partial charge on any atom is -0.365 e. The van der Waals surface area contributed by atoms with Crippen LogP contribution in [0, 0.1) is 5.82 Å². The van der Waals surface area contributed by atoms with Gasteiger partial charge in [0.1, 0.15) is 5.82 Å². The zero-order valence-corrected chi connectivity index (χ0v) is 9.89. The van der Waals surface area contributed by atoms with Gasteiger partial charge in [-0.3, -0.25) is 0 Å². The first-order chi connectivity index (χ1) is 8.25. The van der Waals surface area contributed by atoms with Crippen LogP contribution in [0.1, 0.15) is 18.9 Å². The maximum Gasteiger partial charge on any atom is 0.416 e. The molecule has 2 N–H and O–H groups in total. The van der Waals surface area contributed by atoms with Gasteiger partial charge in [0.05, 0.1) is 16.8 Å². The fourth-order valence-corrected chi connectivity index (χ4v) is 2.05. The van der Waals surface area contributed by atoms with Gasteiger partial charge in [-0.25, -0.2) is 4.39 Å². The van der Waals surface area contributed by atoms with Crippen LogP contribution in [0.25, 0.3) is 0 Å². The summed E-state index contributed by atoms with van der Waals surface area (Å²) in [5.74, 6) is -0.858. The molecule has 18 heavy (non-hydrogen) atoms. The highest BCUT2D eigenvalue weighted by Crippen LogP contribution is 2.35. The molecule has 1 aromatic carbocycles. The van der Waals surface area contributed by atoms with Crippen LogP contribution >= 0.6 is 0 Å². The van der Waals surface area contributed by atoms with Gasteiger partial charge in [-0.15, -0.1) is 0 Å². The molecule has 1 saturated heterocycles. The number of anilines is 1. The normalized spacial score (nSPS) is 18.7. The molecular formula is C12H14F4N2. The van der Waals surface area contributed by atoms with Crippen molar-refractivity contribution in [2.75, 3.05) is 18.0 Å². The summed E-state index contributed by atoms with van der Waals surface area (Å²) >= 11 is 0. The molecule has 0 aromatic heterocycles. The molecule has 2 nitrogen and oxygen atoms in total. The van der Waals surface area contributed by atoms with E-state index in [2.05, 4.69) is 0 Å². The second-order valence-corrected chi connectivity index (χ2v) is 4.74. The van der Waals surface area contributed by atoms with E-state index >= 15 is 0 Å². The van der Waals surface area contributed by atoms with Gasteiger partial charge in [0.25, 0.3) is 0 Å². The molecule has 0 atom stereocenters. The van der Waals surface area contributed by atoms with Gasteiger partial charge in [-0.05, 0) is 24.6 Å². The van der Waals surface area contributed by atoms with Crippen molar-refractivity contribution in [1.29, 1.82) is 0 Å². The summed E-state index contributed by atoms with van der Waals surface area (Å²) in [5, 5.41) is 0. The van der Waals surface area contributed by atoms with Crippen molar-refractivity contribution >= 4 is 5.69 Å². The summed E-state index contributed by atoms with van der Waals surface area (Å²) in [6.45, 7) is 2.86. The second-order valence-electron chi connectivity index (χ2n) is 4.74. The highest BCUT2D eigenvalue weighted by molar-refractivity contribution is 5.53. The molecule has 1 aliphatic rings. The second kappa shape index (κ2) is 4.12. The van der Waals surface area contributed by atoms with E-state index in [0.717, 1.165) is 18.6 Å². The van der Waals surface area contributed by atoms with E-state index in [0.29, 0.717) is 19.2 Å². The lowest BCUT2D eigenvalue weighted by atomic mass is 9.87. The summed E-state index contributed by atoms with van der Waals surface area (Å²) in [5.41, 5.74) is 4.79. The molecule has 0 unspecified atom stereocenters. The molecular weight excluding hydrogens is 248 g/mol. The molecule has 0 bridgehead atoms. The van der Waals surface area contributed by atoms with Crippen molar-refractivity contribution in [1.82, 2.24) is 0 Å². The Kier molecular flexibility index (Phi) is 3.01. The maximum absolute atomic E-state index is 13.6. The van der Waals surface area contributed by atoms with Gasteiger partial charge in [-0.2, -0.15) is 13.2 Å². The topological polar surface area (TPSA) is 29.3 Å². The van der Waals surface area contributed by atoms with E-state index in [4.69, 9.17) is 5.73 Å². The molecule has 0 radical (unpaired) electrons. The summed E-state index contributed by atoms with van der Waals surface area (Å²) < 4.78 is 50.7. The van der Waals surface area contributed by atoms with Gasteiger partial charge in [-0.1, -0.05) is 6.92 Å². The largest absolute Gasteiger partial charge is 0.416 e. The monoisotopic (exact) mass is 262 g/mol. The van der Waals surface area contributed by atoms with Crippen LogP contribution < -0.4 is 10.6 Å². The zero-order chi connectivity index (χ0) is 13.6. The van der Waals surface area contributed by atoms with Crippen LogP contribution in [0.2, 0.25) is 0 Å². The van der Waals surface area contributed by atoms with Gasteiger partial charge in [0, 0.05) is 13.1 Å². The third-order valence-corrected chi connectivity index (χ3v) is 3.33. The van der Waals surface area contributed by atoms with Crippen molar-refractivity contribution in [2.45, 2.75) is 25.1 Å². The molecule has 0 aliphatic carbocycles. The Balaban J connectivity index is 2.18. The molecule has 2 rings (SSSR count). The Morgan fingerprint density at radius 3 is 2.39 bits per heavy atom.